The molecule has 0 radical (unpaired) electrons. The quantitative estimate of drug-likeness (QED) is 0.729. The molecule has 0 aliphatic heterocycles. The Morgan fingerprint density at radius 3 is 2.50 bits per heavy atom. The zero-order valence-corrected chi connectivity index (χ0v) is 14.4. The molecule has 0 aromatic heterocycles. The molecule has 5 nitrogen and oxygen atoms in total. The Labute approximate surface area is 139 Å². The van der Waals surface area contributed by atoms with Crippen LogP contribution < -0.4 is 14.8 Å². The van der Waals surface area contributed by atoms with Crippen molar-refractivity contribution in [2.75, 3.05) is 13.1 Å². The maximum absolute atomic E-state index is 12.1. The first kappa shape index (κ1) is 21.3. The van der Waals surface area contributed by atoms with Gasteiger partial charge in [0.2, 0.25) is 10.0 Å². The van der Waals surface area contributed by atoms with Gasteiger partial charge in [0.15, 0.2) is 0 Å². The highest BCUT2D eigenvalue weighted by atomic mass is 35.5. The van der Waals surface area contributed by atoms with E-state index < -0.39 is 16.6 Å². The van der Waals surface area contributed by atoms with E-state index >= 15 is 0 Å². The third-order valence-electron chi connectivity index (χ3n) is 2.56. The minimum Gasteiger partial charge on any atom is -0.433 e. The van der Waals surface area contributed by atoms with E-state index in [4.69, 9.17) is 11.6 Å². The fourth-order valence-corrected chi connectivity index (χ4v) is 3.03. The molecule has 1 atom stereocenters. The molecule has 10 heteroatoms. The van der Waals surface area contributed by atoms with Crippen molar-refractivity contribution in [1.29, 1.82) is 0 Å². The second kappa shape index (κ2) is 9.46. The first-order valence-electron chi connectivity index (χ1n) is 6.23. The number of nitrogens with one attached hydrogen (secondary N) is 2. The van der Waals surface area contributed by atoms with E-state index in [0.717, 1.165) is 18.2 Å². The van der Waals surface area contributed by atoms with Crippen molar-refractivity contribution in [3.05, 3.63) is 23.2 Å². The Morgan fingerprint density at radius 2 is 2.00 bits per heavy atom. The van der Waals surface area contributed by atoms with Gasteiger partial charge >= 0.3 is 6.61 Å². The molecule has 0 aliphatic rings. The fraction of sp³-hybridized carbons (Fsp3) is 0.500. The Morgan fingerprint density at radius 1 is 1.36 bits per heavy atom. The molecule has 0 amide bonds. The summed E-state index contributed by atoms with van der Waals surface area (Å²) in [5.74, 6) is -0.272. The van der Waals surface area contributed by atoms with Crippen LogP contribution in [0.5, 0.6) is 5.75 Å². The molecule has 0 fully saturated rings. The number of likely N-dealkylation sites (N-methyl/N-ethyl adjacent to an activating group) is 1. The third-order valence-corrected chi connectivity index (χ3v) is 4.28. The average molecular weight is 379 g/mol. The van der Waals surface area contributed by atoms with Gasteiger partial charge in [-0.2, -0.15) is 8.78 Å². The molecule has 0 spiro atoms. The van der Waals surface area contributed by atoms with Gasteiger partial charge in [-0.25, -0.2) is 13.1 Å². The first-order chi connectivity index (χ1) is 9.76. The molecule has 0 aliphatic carbocycles. The predicted octanol–water partition coefficient (Wildman–Crippen LogP) is 2.64. The molecule has 0 saturated carbocycles. The number of sulfonamides is 1. The molecule has 0 unspecified atom stereocenters. The summed E-state index contributed by atoms with van der Waals surface area (Å²) in [6, 6.07) is 3.28. The van der Waals surface area contributed by atoms with Crippen LogP contribution in [0.1, 0.15) is 13.8 Å². The van der Waals surface area contributed by atoms with Crippen LogP contribution in [-0.2, 0) is 10.0 Å². The zero-order chi connectivity index (χ0) is 16.0. The summed E-state index contributed by atoms with van der Waals surface area (Å²) < 4.78 is 54.8. The lowest BCUT2D eigenvalue weighted by molar-refractivity contribution is -0.0498. The number of hydrogen-bond acceptors (Lipinski definition) is 4. The van der Waals surface area contributed by atoms with Crippen LogP contribution in [0.25, 0.3) is 0 Å². The Balaban J connectivity index is 0.00000441. The Bertz CT molecular complexity index is 573. The fourth-order valence-electron chi connectivity index (χ4n) is 1.58. The van der Waals surface area contributed by atoms with E-state index in [2.05, 4.69) is 14.8 Å². The van der Waals surface area contributed by atoms with Crippen LogP contribution in [0.3, 0.4) is 0 Å². The van der Waals surface area contributed by atoms with Gasteiger partial charge in [0, 0.05) is 12.6 Å². The van der Waals surface area contributed by atoms with Gasteiger partial charge < -0.3 is 10.1 Å². The number of alkyl halides is 2. The number of benzene rings is 1. The van der Waals surface area contributed by atoms with Gasteiger partial charge in [0.05, 0.1) is 9.92 Å². The number of rotatable bonds is 8. The van der Waals surface area contributed by atoms with Crippen molar-refractivity contribution >= 4 is 34.0 Å². The molecule has 1 aromatic rings. The molecule has 128 valence electrons. The lowest BCUT2D eigenvalue weighted by Gasteiger charge is -2.14. The summed E-state index contributed by atoms with van der Waals surface area (Å²) in [5.41, 5.74) is 0. The van der Waals surface area contributed by atoms with Crippen LogP contribution in [0.2, 0.25) is 5.02 Å². The van der Waals surface area contributed by atoms with Gasteiger partial charge in [0.1, 0.15) is 5.75 Å². The number of ether oxygens (including phenoxy) is 1. The molecular weight excluding hydrogens is 361 g/mol. The van der Waals surface area contributed by atoms with Crippen molar-refractivity contribution in [1.82, 2.24) is 10.0 Å². The van der Waals surface area contributed by atoms with E-state index in [1.165, 1.54) is 0 Å². The van der Waals surface area contributed by atoms with Gasteiger partial charge in [0.25, 0.3) is 0 Å². The molecule has 22 heavy (non-hydrogen) atoms. The molecule has 0 saturated heterocycles. The standard InChI is InChI=1S/C12H17ClF2N2O3S.ClH/c1-3-16-8(2)7-17-21(18,19)9-4-5-11(10(13)6-9)20-12(14)15;/h4-6,8,12,16-17H,3,7H2,1-2H3;1H/t8-;/m1./s1. The summed E-state index contributed by atoms with van der Waals surface area (Å²) in [6.07, 6.45) is 0. The highest BCUT2D eigenvalue weighted by Crippen LogP contribution is 2.28. The summed E-state index contributed by atoms with van der Waals surface area (Å²) in [5, 5.41) is 2.86. The molecule has 1 aromatic carbocycles. The summed E-state index contributed by atoms with van der Waals surface area (Å²) >= 11 is 5.73. The van der Waals surface area contributed by atoms with Gasteiger partial charge in [-0.15, -0.1) is 12.4 Å². The Hall–Kier alpha value is -0.670. The zero-order valence-electron chi connectivity index (χ0n) is 12.0. The predicted molar refractivity (Wildman–Crippen MR) is 83.7 cm³/mol. The van der Waals surface area contributed by atoms with Crippen LogP contribution in [0.4, 0.5) is 8.78 Å². The van der Waals surface area contributed by atoms with Crippen molar-refractivity contribution < 1.29 is 21.9 Å². The van der Waals surface area contributed by atoms with E-state index in [9.17, 15) is 17.2 Å². The third kappa shape index (κ3) is 6.62. The highest BCUT2D eigenvalue weighted by molar-refractivity contribution is 7.89. The van der Waals surface area contributed by atoms with Crippen molar-refractivity contribution in [3.63, 3.8) is 0 Å². The molecule has 1 rings (SSSR count). The summed E-state index contributed by atoms with van der Waals surface area (Å²) in [6.45, 7) is 1.63. The average Bonchev–Trinajstić information content (AvgIpc) is 2.39. The second-order valence-corrected chi connectivity index (χ2v) is 6.46. The van der Waals surface area contributed by atoms with Crippen molar-refractivity contribution in [2.45, 2.75) is 31.4 Å². The minimum atomic E-state index is -3.76. The molecule has 2 N–H and O–H groups in total. The highest BCUT2D eigenvalue weighted by Gasteiger charge is 2.18. The largest absolute Gasteiger partial charge is 0.433 e. The van der Waals surface area contributed by atoms with Gasteiger partial charge in [-0.05, 0) is 31.7 Å². The minimum absolute atomic E-state index is 0. The normalized spacial score (nSPS) is 12.8. The topological polar surface area (TPSA) is 67.4 Å². The van der Waals surface area contributed by atoms with Crippen molar-refractivity contribution in [2.24, 2.45) is 0 Å². The van der Waals surface area contributed by atoms with E-state index in [-0.39, 0.29) is 40.7 Å². The van der Waals surface area contributed by atoms with Gasteiger partial charge in [-0.3, -0.25) is 0 Å². The molecular formula is C12H18Cl2F2N2O3S. The number of hydrogen-bond donors (Lipinski definition) is 2. The lowest BCUT2D eigenvalue weighted by Crippen LogP contribution is -2.38. The smallest absolute Gasteiger partial charge is 0.387 e. The SMILES string of the molecule is CCN[C@H](C)CNS(=O)(=O)c1ccc(OC(F)F)c(Cl)c1.Cl. The van der Waals surface area contributed by atoms with Gasteiger partial charge in [-0.1, -0.05) is 18.5 Å². The van der Waals surface area contributed by atoms with Crippen molar-refractivity contribution in [3.8, 4) is 5.75 Å². The summed E-state index contributed by atoms with van der Waals surface area (Å²) in [4.78, 5) is -0.113. The molecule has 0 heterocycles. The van der Waals surface area contributed by atoms with Crippen LogP contribution >= 0.6 is 24.0 Å². The van der Waals surface area contributed by atoms with E-state index in [1.807, 2.05) is 13.8 Å². The first-order valence-corrected chi connectivity index (χ1v) is 8.09. The number of halogens is 4. The lowest BCUT2D eigenvalue weighted by atomic mass is 10.3. The van der Waals surface area contributed by atoms with E-state index in [1.54, 1.807) is 0 Å². The van der Waals surface area contributed by atoms with Crippen LogP contribution in [0.15, 0.2) is 23.1 Å². The maximum atomic E-state index is 12.1. The van der Waals surface area contributed by atoms with E-state index in [0.29, 0.717) is 6.54 Å². The second-order valence-electron chi connectivity index (χ2n) is 4.28. The van der Waals surface area contributed by atoms with Crippen LogP contribution in [0, 0.1) is 0 Å². The Kier molecular flexibility index (Phi) is 9.18. The maximum Gasteiger partial charge on any atom is 0.387 e. The summed E-state index contributed by atoms with van der Waals surface area (Å²) in [7, 11) is -3.76. The monoisotopic (exact) mass is 378 g/mol. The van der Waals surface area contributed by atoms with Crippen LogP contribution in [-0.4, -0.2) is 34.2 Å². The molecule has 0 bridgehead atoms.